The van der Waals surface area contributed by atoms with Crippen molar-refractivity contribution in [2.24, 2.45) is 0 Å². The van der Waals surface area contributed by atoms with Crippen LogP contribution >= 0.6 is 0 Å². The number of hydrogen-bond acceptors (Lipinski definition) is 5. The summed E-state index contributed by atoms with van der Waals surface area (Å²) in [5, 5.41) is 25.1. The molecule has 0 atom stereocenters. The van der Waals surface area contributed by atoms with Crippen molar-refractivity contribution in [1.82, 2.24) is 5.32 Å². The zero-order valence-electron chi connectivity index (χ0n) is 14.8. The van der Waals surface area contributed by atoms with Crippen molar-refractivity contribution < 1.29 is 10.0 Å². The van der Waals surface area contributed by atoms with E-state index < -0.39 is 5.60 Å². The summed E-state index contributed by atoms with van der Waals surface area (Å²) in [7, 11) is 0. The minimum absolute atomic E-state index is 0.136. The van der Waals surface area contributed by atoms with Crippen molar-refractivity contribution >= 4 is 11.4 Å². The second-order valence-corrected chi connectivity index (χ2v) is 7.55. The number of nitrogens with one attached hydrogen (secondary N) is 1. The third-order valence-corrected chi connectivity index (χ3v) is 5.67. The summed E-state index contributed by atoms with van der Waals surface area (Å²) in [5.41, 5.74) is 0.662. The molecule has 1 saturated heterocycles. The van der Waals surface area contributed by atoms with Crippen molar-refractivity contribution in [3.05, 3.63) is 34.4 Å². The third kappa shape index (κ3) is 4.92. The number of nitro benzene ring substituents is 1. The van der Waals surface area contributed by atoms with E-state index in [1.54, 1.807) is 12.1 Å². The van der Waals surface area contributed by atoms with E-state index >= 15 is 0 Å². The van der Waals surface area contributed by atoms with Crippen molar-refractivity contribution in [1.29, 1.82) is 0 Å². The van der Waals surface area contributed by atoms with E-state index in [1.165, 1.54) is 12.8 Å². The normalized spacial score (nSPS) is 21.7. The highest BCUT2D eigenvalue weighted by molar-refractivity contribution is 5.51. The smallest absolute Gasteiger partial charge is 0.269 e. The molecule has 1 aromatic rings. The molecule has 2 fully saturated rings. The lowest BCUT2D eigenvalue weighted by Crippen LogP contribution is -2.48. The van der Waals surface area contributed by atoms with Gasteiger partial charge in [-0.25, -0.2) is 0 Å². The number of nitrogens with zero attached hydrogens (tertiary/aromatic N) is 2. The molecule has 0 unspecified atom stereocenters. The molecular weight excluding hydrogens is 318 g/mol. The van der Waals surface area contributed by atoms with Gasteiger partial charge in [0.25, 0.3) is 5.69 Å². The Kier molecular flexibility index (Phi) is 5.91. The molecule has 0 aromatic heterocycles. The average molecular weight is 347 g/mol. The SMILES string of the molecule is O=[N+]([O-])c1ccc(N2CCC(NCC3(O)CCCCCC3)CC2)cc1. The molecule has 0 bridgehead atoms. The molecule has 138 valence electrons. The number of anilines is 1. The van der Waals surface area contributed by atoms with Gasteiger partial charge in [-0.3, -0.25) is 10.1 Å². The van der Waals surface area contributed by atoms with E-state index in [2.05, 4.69) is 10.2 Å². The molecule has 6 heteroatoms. The standard InChI is InChI=1S/C19H29N3O3/c23-19(11-3-1-2-4-12-19)15-20-16-9-13-21(14-10-16)17-5-7-18(8-6-17)22(24)25/h5-8,16,20,23H,1-4,9-15H2. The summed E-state index contributed by atoms with van der Waals surface area (Å²) in [5.74, 6) is 0. The van der Waals surface area contributed by atoms with Gasteiger partial charge in [-0.2, -0.15) is 0 Å². The van der Waals surface area contributed by atoms with Crippen LogP contribution < -0.4 is 10.2 Å². The van der Waals surface area contributed by atoms with E-state index in [4.69, 9.17) is 0 Å². The van der Waals surface area contributed by atoms with Crippen molar-refractivity contribution in [2.75, 3.05) is 24.5 Å². The lowest BCUT2D eigenvalue weighted by Gasteiger charge is -2.36. The molecule has 2 aliphatic rings. The summed E-state index contributed by atoms with van der Waals surface area (Å²) in [6.45, 7) is 2.58. The van der Waals surface area contributed by atoms with E-state index in [-0.39, 0.29) is 10.6 Å². The maximum Gasteiger partial charge on any atom is 0.269 e. The molecule has 1 saturated carbocycles. The topological polar surface area (TPSA) is 78.6 Å². The molecule has 1 aromatic carbocycles. The van der Waals surface area contributed by atoms with Gasteiger partial charge < -0.3 is 15.3 Å². The van der Waals surface area contributed by atoms with Crippen LogP contribution in [0.3, 0.4) is 0 Å². The minimum Gasteiger partial charge on any atom is -0.389 e. The molecule has 0 spiro atoms. The van der Waals surface area contributed by atoms with Crippen LogP contribution in [0.5, 0.6) is 0 Å². The van der Waals surface area contributed by atoms with Gasteiger partial charge in [0.1, 0.15) is 0 Å². The minimum atomic E-state index is -0.522. The lowest BCUT2D eigenvalue weighted by atomic mass is 9.93. The quantitative estimate of drug-likeness (QED) is 0.486. The molecule has 1 heterocycles. The Hall–Kier alpha value is -1.66. The monoisotopic (exact) mass is 347 g/mol. The van der Waals surface area contributed by atoms with E-state index in [0.29, 0.717) is 12.6 Å². The number of benzene rings is 1. The van der Waals surface area contributed by atoms with Crippen LogP contribution in [-0.2, 0) is 0 Å². The average Bonchev–Trinajstić information content (AvgIpc) is 2.86. The first-order chi connectivity index (χ1) is 12.1. The Bertz CT molecular complexity index is 560. The Balaban J connectivity index is 1.46. The van der Waals surface area contributed by atoms with E-state index in [9.17, 15) is 15.2 Å². The fourth-order valence-corrected chi connectivity index (χ4v) is 4.02. The molecule has 1 aliphatic carbocycles. The number of piperidine rings is 1. The zero-order valence-corrected chi connectivity index (χ0v) is 14.8. The zero-order chi connectivity index (χ0) is 17.7. The molecule has 25 heavy (non-hydrogen) atoms. The predicted octanol–water partition coefficient (Wildman–Crippen LogP) is 3.24. The van der Waals surface area contributed by atoms with E-state index in [0.717, 1.165) is 57.3 Å². The first kappa shape index (κ1) is 18.1. The summed E-state index contributed by atoms with van der Waals surface area (Å²) >= 11 is 0. The molecule has 0 radical (unpaired) electrons. The second kappa shape index (κ2) is 8.15. The van der Waals surface area contributed by atoms with Gasteiger partial charge >= 0.3 is 0 Å². The van der Waals surface area contributed by atoms with Gasteiger partial charge in [-0.05, 0) is 37.8 Å². The molecule has 6 nitrogen and oxygen atoms in total. The van der Waals surface area contributed by atoms with Crippen molar-refractivity contribution in [3.8, 4) is 0 Å². The second-order valence-electron chi connectivity index (χ2n) is 7.55. The summed E-state index contributed by atoms with van der Waals surface area (Å²) in [6.07, 6.45) is 8.67. The molecule has 3 rings (SSSR count). The van der Waals surface area contributed by atoms with Crippen LogP contribution in [0.4, 0.5) is 11.4 Å². The van der Waals surface area contributed by atoms with Crippen LogP contribution in [0.25, 0.3) is 0 Å². The summed E-state index contributed by atoms with van der Waals surface area (Å²) in [6, 6.07) is 7.25. The molecular formula is C19H29N3O3. The maximum atomic E-state index is 10.8. The maximum absolute atomic E-state index is 10.8. The van der Waals surface area contributed by atoms with Crippen LogP contribution in [-0.4, -0.2) is 41.3 Å². The van der Waals surface area contributed by atoms with Crippen molar-refractivity contribution in [2.45, 2.75) is 63.0 Å². The lowest BCUT2D eigenvalue weighted by molar-refractivity contribution is -0.384. The fourth-order valence-electron chi connectivity index (χ4n) is 4.02. The Morgan fingerprint density at radius 1 is 1.12 bits per heavy atom. The Morgan fingerprint density at radius 2 is 1.72 bits per heavy atom. The fraction of sp³-hybridized carbons (Fsp3) is 0.684. The molecule has 2 N–H and O–H groups in total. The third-order valence-electron chi connectivity index (χ3n) is 5.67. The van der Waals surface area contributed by atoms with Gasteiger partial charge in [-0.15, -0.1) is 0 Å². The first-order valence-electron chi connectivity index (χ1n) is 9.51. The van der Waals surface area contributed by atoms with Crippen LogP contribution in [0.2, 0.25) is 0 Å². The Morgan fingerprint density at radius 3 is 2.28 bits per heavy atom. The highest BCUT2D eigenvalue weighted by Crippen LogP contribution is 2.27. The van der Waals surface area contributed by atoms with Gasteiger partial charge in [0.15, 0.2) is 0 Å². The van der Waals surface area contributed by atoms with Gasteiger partial charge in [-0.1, -0.05) is 25.7 Å². The largest absolute Gasteiger partial charge is 0.389 e. The number of nitro groups is 1. The number of non-ortho nitro benzene ring substituents is 1. The summed E-state index contributed by atoms with van der Waals surface area (Å²) in [4.78, 5) is 12.7. The Labute approximate surface area is 149 Å². The first-order valence-corrected chi connectivity index (χ1v) is 9.51. The van der Waals surface area contributed by atoms with Crippen LogP contribution in [0.1, 0.15) is 51.4 Å². The number of rotatable bonds is 5. The number of aliphatic hydroxyl groups is 1. The highest BCUT2D eigenvalue weighted by Gasteiger charge is 2.29. The molecule has 0 amide bonds. The highest BCUT2D eigenvalue weighted by atomic mass is 16.6. The van der Waals surface area contributed by atoms with E-state index in [1.807, 2.05) is 12.1 Å². The summed E-state index contributed by atoms with van der Waals surface area (Å²) < 4.78 is 0. The van der Waals surface area contributed by atoms with Crippen LogP contribution in [0.15, 0.2) is 24.3 Å². The van der Waals surface area contributed by atoms with Gasteiger partial charge in [0.05, 0.1) is 10.5 Å². The van der Waals surface area contributed by atoms with Crippen LogP contribution in [0, 0.1) is 10.1 Å². The number of hydrogen-bond donors (Lipinski definition) is 2. The van der Waals surface area contributed by atoms with Crippen molar-refractivity contribution in [3.63, 3.8) is 0 Å². The molecule has 1 aliphatic heterocycles. The van der Waals surface area contributed by atoms with Gasteiger partial charge in [0.2, 0.25) is 0 Å². The predicted molar refractivity (Wildman–Crippen MR) is 99.0 cm³/mol. The van der Waals surface area contributed by atoms with Gasteiger partial charge in [0, 0.05) is 43.5 Å².